The lowest BCUT2D eigenvalue weighted by Gasteiger charge is -2.20. The Morgan fingerprint density at radius 1 is 1.10 bits per heavy atom. The fraction of sp³-hybridized carbons (Fsp3) is 0.517. The summed E-state index contributed by atoms with van der Waals surface area (Å²) in [5.41, 5.74) is 3.03. The van der Waals surface area contributed by atoms with Crippen LogP contribution in [0.1, 0.15) is 56.7 Å². The van der Waals surface area contributed by atoms with Gasteiger partial charge in [0.15, 0.2) is 6.10 Å². The van der Waals surface area contributed by atoms with Crippen LogP contribution < -0.4 is 10.9 Å². The van der Waals surface area contributed by atoms with Gasteiger partial charge in [0.25, 0.3) is 11.5 Å². The van der Waals surface area contributed by atoms with Crippen molar-refractivity contribution in [3.8, 4) is 0 Å². The van der Waals surface area contributed by atoms with Gasteiger partial charge in [0.05, 0.1) is 23.3 Å². The van der Waals surface area contributed by atoms with E-state index >= 15 is 0 Å². The Morgan fingerprint density at radius 3 is 2.49 bits per heavy atom. The second-order valence-electron chi connectivity index (χ2n) is 11.0. The summed E-state index contributed by atoms with van der Waals surface area (Å²) < 4.78 is 6.88. The van der Waals surface area contributed by atoms with Crippen molar-refractivity contribution in [3.05, 3.63) is 52.0 Å². The third-order valence-electron chi connectivity index (χ3n) is 6.45. The normalized spacial score (nSPS) is 11.9. The van der Waals surface area contributed by atoms with Crippen LogP contribution in [0.5, 0.6) is 0 Å². The summed E-state index contributed by atoms with van der Waals surface area (Å²) in [6, 6.07) is 5.09. The smallest absolute Gasteiger partial charge is 0.410 e. The number of rotatable bonds is 12. The Labute approximate surface area is 240 Å². The molecule has 1 atom stereocenters. The monoisotopic (exact) mass is 567 g/mol. The molecule has 3 aromatic heterocycles. The molecule has 2 N–H and O–H groups in total. The largest absolute Gasteiger partial charge is 0.436 e. The van der Waals surface area contributed by atoms with E-state index in [9.17, 15) is 19.2 Å². The molecule has 3 amide bonds. The lowest BCUT2D eigenvalue weighted by atomic mass is 10.1. The number of amides is 3. The Balaban J connectivity index is 1.76. The first-order chi connectivity index (χ1) is 19.3. The first kappa shape index (κ1) is 31.3. The number of carbonyl (C=O) groups excluding carboxylic acids is 3. The van der Waals surface area contributed by atoms with Crippen LogP contribution in [0.25, 0.3) is 11.0 Å². The lowest BCUT2D eigenvalue weighted by Crippen LogP contribution is -2.37. The molecule has 0 fully saturated rings. The molecule has 0 saturated carbocycles. The van der Waals surface area contributed by atoms with E-state index in [0.29, 0.717) is 31.0 Å². The lowest BCUT2D eigenvalue weighted by molar-refractivity contribution is -0.128. The Hall–Kier alpha value is -4.22. The van der Waals surface area contributed by atoms with E-state index in [2.05, 4.69) is 34.1 Å². The van der Waals surface area contributed by atoms with Gasteiger partial charge in [-0.15, -0.1) is 0 Å². The highest BCUT2D eigenvalue weighted by Crippen LogP contribution is 2.20. The molecule has 12 heteroatoms. The highest BCUT2D eigenvalue weighted by Gasteiger charge is 2.25. The van der Waals surface area contributed by atoms with Crippen molar-refractivity contribution < 1.29 is 19.1 Å². The van der Waals surface area contributed by atoms with Gasteiger partial charge in [-0.05, 0) is 56.7 Å². The first-order valence-electron chi connectivity index (χ1n) is 13.8. The van der Waals surface area contributed by atoms with Gasteiger partial charge in [-0.2, -0.15) is 0 Å². The van der Waals surface area contributed by atoms with Crippen LogP contribution in [0.4, 0.5) is 10.5 Å². The second-order valence-corrected chi connectivity index (χ2v) is 11.0. The van der Waals surface area contributed by atoms with Crippen LogP contribution >= 0.6 is 0 Å². The maximum Gasteiger partial charge on any atom is 0.410 e. The third kappa shape index (κ3) is 8.63. The van der Waals surface area contributed by atoms with Crippen LogP contribution in [0.3, 0.4) is 0 Å². The summed E-state index contributed by atoms with van der Waals surface area (Å²) in [6.45, 7) is 6.35. The van der Waals surface area contributed by atoms with Gasteiger partial charge in [0.1, 0.15) is 11.5 Å². The number of anilines is 1. The predicted molar refractivity (Wildman–Crippen MR) is 157 cm³/mol. The molecular weight excluding hydrogens is 526 g/mol. The van der Waals surface area contributed by atoms with E-state index in [1.807, 2.05) is 13.0 Å². The fourth-order valence-electron chi connectivity index (χ4n) is 4.33. The zero-order chi connectivity index (χ0) is 30.3. The number of hydrogen-bond acceptors (Lipinski definition) is 7. The minimum absolute atomic E-state index is 0.0191. The van der Waals surface area contributed by atoms with Crippen molar-refractivity contribution in [1.29, 1.82) is 0 Å². The molecule has 0 aliphatic rings. The number of aryl methyl sites for hydroxylation is 1. The standard InChI is InChI=1S/C29H41N7O5/c1-18(2)15-22-26-23(31-19(3)30-22)16-20(32-26)17-36-14-10-11-21(28(36)39)33-27(38)24(41-29(40)35(6)7)12-8-9-13-25(37)34(4)5/h10-11,14,16,18,24,32H,8-9,12-13,15,17H2,1-7H3,(H,33,38)/t24-/m0/s1. The summed E-state index contributed by atoms with van der Waals surface area (Å²) in [7, 11) is 6.40. The number of unbranched alkanes of at least 4 members (excludes halogenated alkanes) is 1. The van der Waals surface area contributed by atoms with Crippen molar-refractivity contribution in [2.75, 3.05) is 33.5 Å². The summed E-state index contributed by atoms with van der Waals surface area (Å²) in [5, 5.41) is 2.64. The fourth-order valence-corrected chi connectivity index (χ4v) is 4.33. The molecule has 3 rings (SSSR count). The number of aromatic nitrogens is 4. The van der Waals surface area contributed by atoms with E-state index in [0.717, 1.165) is 28.8 Å². The summed E-state index contributed by atoms with van der Waals surface area (Å²) in [4.78, 5) is 65.8. The average Bonchev–Trinajstić information content (AvgIpc) is 3.29. The number of ether oxygens (including phenoxy) is 1. The Bertz CT molecular complexity index is 1440. The topological polar surface area (TPSA) is 143 Å². The maximum absolute atomic E-state index is 13.3. The van der Waals surface area contributed by atoms with Crippen LogP contribution in [-0.4, -0.2) is 81.5 Å². The number of H-pyrrole nitrogens is 1. The van der Waals surface area contributed by atoms with Gasteiger partial charge in [-0.3, -0.25) is 14.4 Å². The van der Waals surface area contributed by atoms with E-state index < -0.39 is 23.7 Å². The number of carbonyl (C=O) groups is 3. The van der Waals surface area contributed by atoms with Gasteiger partial charge in [0, 0.05) is 46.5 Å². The van der Waals surface area contributed by atoms with Crippen molar-refractivity contribution in [3.63, 3.8) is 0 Å². The van der Waals surface area contributed by atoms with Crippen LogP contribution in [0, 0.1) is 12.8 Å². The van der Waals surface area contributed by atoms with Crippen LogP contribution in [0.2, 0.25) is 0 Å². The number of nitrogens with one attached hydrogen (secondary N) is 2. The minimum atomic E-state index is -1.12. The third-order valence-corrected chi connectivity index (χ3v) is 6.45. The Morgan fingerprint density at radius 2 is 1.83 bits per heavy atom. The van der Waals surface area contributed by atoms with Crippen LogP contribution in [-0.2, 0) is 27.3 Å². The summed E-state index contributed by atoms with van der Waals surface area (Å²) >= 11 is 0. The molecule has 0 unspecified atom stereocenters. The number of fused-ring (bicyclic) bond motifs is 1. The van der Waals surface area contributed by atoms with Crippen molar-refractivity contribution in [2.45, 2.75) is 65.5 Å². The molecule has 3 heterocycles. The summed E-state index contributed by atoms with van der Waals surface area (Å²) in [6.07, 6.45) is 2.19. The molecule has 12 nitrogen and oxygen atoms in total. The molecule has 0 aliphatic heterocycles. The number of pyridine rings is 1. The van der Waals surface area contributed by atoms with Gasteiger partial charge in [-0.1, -0.05) is 13.8 Å². The zero-order valence-corrected chi connectivity index (χ0v) is 25.0. The molecule has 0 saturated heterocycles. The molecule has 0 bridgehead atoms. The quantitative estimate of drug-likeness (QED) is 0.320. The molecule has 0 aromatic carbocycles. The molecule has 41 heavy (non-hydrogen) atoms. The SMILES string of the molecule is Cc1nc(CC(C)C)c2[nH]c(Cn3cccc(NC(=O)[C@H](CCCCC(=O)N(C)C)OC(=O)N(C)C)c3=O)cc2n1. The van der Waals surface area contributed by atoms with Crippen molar-refractivity contribution in [1.82, 2.24) is 29.3 Å². The molecule has 222 valence electrons. The maximum atomic E-state index is 13.3. The number of aromatic amines is 1. The average molecular weight is 568 g/mol. The highest BCUT2D eigenvalue weighted by molar-refractivity contribution is 5.95. The molecular formula is C29H41N7O5. The van der Waals surface area contributed by atoms with E-state index in [4.69, 9.17) is 4.74 Å². The van der Waals surface area contributed by atoms with Gasteiger partial charge >= 0.3 is 6.09 Å². The number of hydrogen-bond donors (Lipinski definition) is 2. The Kier molecular flexibility index (Phi) is 10.6. The van der Waals surface area contributed by atoms with Crippen LogP contribution in [0.15, 0.2) is 29.2 Å². The highest BCUT2D eigenvalue weighted by atomic mass is 16.6. The predicted octanol–water partition coefficient (Wildman–Crippen LogP) is 3.33. The van der Waals surface area contributed by atoms with E-state index in [-0.39, 0.29) is 24.6 Å². The van der Waals surface area contributed by atoms with Gasteiger partial charge < -0.3 is 29.4 Å². The molecule has 0 aliphatic carbocycles. The van der Waals surface area contributed by atoms with E-state index in [1.54, 1.807) is 26.4 Å². The van der Waals surface area contributed by atoms with E-state index in [1.165, 1.54) is 34.5 Å². The molecule has 0 spiro atoms. The second kappa shape index (κ2) is 13.9. The molecule has 3 aromatic rings. The summed E-state index contributed by atoms with van der Waals surface area (Å²) in [5.74, 6) is 0.482. The zero-order valence-electron chi connectivity index (χ0n) is 25.0. The van der Waals surface area contributed by atoms with Crippen molar-refractivity contribution in [2.24, 2.45) is 5.92 Å². The first-order valence-corrected chi connectivity index (χ1v) is 13.8. The minimum Gasteiger partial charge on any atom is -0.436 e. The van der Waals surface area contributed by atoms with Gasteiger partial charge in [0.2, 0.25) is 5.91 Å². The van der Waals surface area contributed by atoms with Crippen molar-refractivity contribution >= 4 is 34.6 Å². The van der Waals surface area contributed by atoms with Gasteiger partial charge in [-0.25, -0.2) is 14.8 Å². The molecule has 0 radical (unpaired) electrons. The number of nitrogens with zero attached hydrogens (tertiary/aromatic N) is 5.